The number of pyridine rings is 1. The van der Waals surface area contributed by atoms with Crippen molar-refractivity contribution < 1.29 is 0 Å². The van der Waals surface area contributed by atoms with Gasteiger partial charge < -0.3 is 11.1 Å². The van der Waals surface area contributed by atoms with Crippen molar-refractivity contribution in [3.8, 4) is 0 Å². The lowest BCUT2D eigenvalue weighted by atomic mass is 10.3. The van der Waals surface area contributed by atoms with Crippen LogP contribution >= 0.6 is 15.9 Å². The lowest BCUT2D eigenvalue weighted by Gasteiger charge is -2.00. The summed E-state index contributed by atoms with van der Waals surface area (Å²) >= 11 is 3.39. The second kappa shape index (κ2) is 4.30. The topological polar surface area (TPSA) is 68.2 Å². The van der Waals surface area contributed by atoms with Crippen molar-refractivity contribution in [2.24, 2.45) is 0 Å². The highest BCUT2D eigenvalue weighted by molar-refractivity contribution is 9.10. The number of halogens is 1. The van der Waals surface area contributed by atoms with Crippen LogP contribution in [0, 0.1) is 0 Å². The standard InChI is InChI=1S/C12H10BrN5/c13-8-1-6-11-16-12(17-18(11)7-8)15-10-4-2-9(14)3-5-10/h1-7H,14H2,(H,15,17). The van der Waals surface area contributed by atoms with Crippen molar-refractivity contribution in [2.45, 2.75) is 0 Å². The average Bonchev–Trinajstić information content (AvgIpc) is 2.73. The summed E-state index contributed by atoms with van der Waals surface area (Å²) in [7, 11) is 0. The second-order valence-corrected chi connectivity index (χ2v) is 4.75. The molecule has 0 saturated carbocycles. The highest BCUT2D eigenvalue weighted by atomic mass is 79.9. The van der Waals surface area contributed by atoms with E-state index in [1.807, 2.05) is 42.6 Å². The monoisotopic (exact) mass is 303 g/mol. The molecule has 2 heterocycles. The Balaban J connectivity index is 1.92. The second-order valence-electron chi connectivity index (χ2n) is 3.83. The summed E-state index contributed by atoms with van der Waals surface area (Å²) in [6, 6.07) is 11.2. The number of nitrogens with zero attached hydrogens (tertiary/aromatic N) is 3. The molecule has 0 spiro atoms. The Bertz CT molecular complexity index is 689. The fourth-order valence-electron chi connectivity index (χ4n) is 1.61. The average molecular weight is 304 g/mol. The molecule has 0 radical (unpaired) electrons. The first-order chi connectivity index (χ1) is 8.70. The van der Waals surface area contributed by atoms with Crippen LogP contribution in [0.4, 0.5) is 17.3 Å². The van der Waals surface area contributed by atoms with Gasteiger partial charge in [0.1, 0.15) is 0 Å². The van der Waals surface area contributed by atoms with E-state index in [9.17, 15) is 0 Å². The molecule has 0 aliphatic heterocycles. The quantitative estimate of drug-likeness (QED) is 0.714. The fourth-order valence-corrected chi connectivity index (χ4v) is 1.93. The van der Waals surface area contributed by atoms with Gasteiger partial charge in [-0.1, -0.05) is 0 Å². The maximum Gasteiger partial charge on any atom is 0.247 e. The molecule has 3 N–H and O–H groups in total. The number of fused-ring (bicyclic) bond motifs is 1. The van der Waals surface area contributed by atoms with Gasteiger partial charge in [-0.2, -0.15) is 4.98 Å². The van der Waals surface area contributed by atoms with Crippen LogP contribution in [0.1, 0.15) is 0 Å². The van der Waals surface area contributed by atoms with Gasteiger partial charge in [0.25, 0.3) is 0 Å². The predicted molar refractivity (Wildman–Crippen MR) is 74.8 cm³/mol. The number of nitrogen functional groups attached to an aromatic ring is 1. The molecule has 6 heteroatoms. The Hall–Kier alpha value is -2.08. The number of benzene rings is 1. The van der Waals surface area contributed by atoms with Gasteiger partial charge in [-0.3, -0.25) is 0 Å². The van der Waals surface area contributed by atoms with Crippen molar-refractivity contribution in [3.05, 3.63) is 47.1 Å². The summed E-state index contributed by atoms with van der Waals surface area (Å²) < 4.78 is 2.67. The van der Waals surface area contributed by atoms with Gasteiger partial charge in [0.05, 0.1) is 0 Å². The SMILES string of the molecule is Nc1ccc(Nc2nc3ccc(Br)cn3n2)cc1. The van der Waals surface area contributed by atoms with Crippen LogP contribution in [0.3, 0.4) is 0 Å². The van der Waals surface area contributed by atoms with E-state index in [-0.39, 0.29) is 0 Å². The van der Waals surface area contributed by atoms with Crippen LogP contribution < -0.4 is 11.1 Å². The molecule has 0 fully saturated rings. The number of nitrogens with one attached hydrogen (secondary N) is 1. The first-order valence-electron chi connectivity index (χ1n) is 5.35. The Labute approximate surface area is 112 Å². The molecule has 0 unspecified atom stereocenters. The minimum Gasteiger partial charge on any atom is -0.399 e. The van der Waals surface area contributed by atoms with E-state index in [0.29, 0.717) is 5.95 Å². The van der Waals surface area contributed by atoms with Gasteiger partial charge in [0.2, 0.25) is 5.95 Å². The van der Waals surface area contributed by atoms with E-state index < -0.39 is 0 Å². The maximum absolute atomic E-state index is 5.63. The number of rotatable bonds is 2. The molecule has 0 atom stereocenters. The van der Waals surface area contributed by atoms with Crippen LogP contribution in [0.5, 0.6) is 0 Å². The first kappa shape index (κ1) is 11.0. The molecule has 90 valence electrons. The molecule has 3 rings (SSSR count). The largest absolute Gasteiger partial charge is 0.399 e. The molecule has 1 aromatic carbocycles. The number of anilines is 3. The van der Waals surface area contributed by atoms with E-state index in [0.717, 1.165) is 21.5 Å². The highest BCUT2D eigenvalue weighted by Crippen LogP contribution is 2.17. The third-order valence-corrected chi connectivity index (χ3v) is 2.93. The summed E-state index contributed by atoms with van der Waals surface area (Å²) in [5.74, 6) is 0.554. The molecular formula is C12H10BrN5. The molecule has 0 aliphatic rings. The minimum atomic E-state index is 0.554. The van der Waals surface area contributed by atoms with Crippen LogP contribution in [0.25, 0.3) is 5.65 Å². The molecular weight excluding hydrogens is 294 g/mol. The smallest absolute Gasteiger partial charge is 0.247 e. The molecule has 0 saturated heterocycles. The Morgan fingerprint density at radius 2 is 1.89 bits per heavy atom. The number of hydrogen-bond acceptors (Lipinski definition) is 4. The van der Waals surface area contributed by atoms with Crippen molar-refractivity contribution in [3.63, 3.8) is 0 Å². The van der Waals surface area contributed by atoms with E-state index in [1.54, 1.807) is 4.52 Å². The normalized spacial score (nSPS) is 10.7. The zero-order valence-electron chi connectivity index (χ0n) is 9.34. The van der Waals surface area contributed by atoms with Gasteiger partial charge in [-0.15, -0.1) is 5.10 Å². The van der Waals surface area contributed by atoms with Crippen molar-refractivity contribution in [1.29, 1.82) is 0 Å². The zero-order valence-corrected chi connectivity index (χ0v) is 10.9. The van der Waals surface area contributed by atoms with Crippen LogP contribution in [0.2, 0.25) is 0 Å². The maximum atomic E-state index is 5.63. The van der Waals surface area contributed by atoms with Crippen LogP contribution in [-0.2, 0) is 0 Å². The van der Waals surface area contributed by atoms with Gasteiger partial charge >= 0.3 is 0 Å². The summed E-state index contributed by atoms with van der Waals surface area (Å²) in [5, 5.41) is 7.45. The van der Waals surface area contributed by atoms with E-state index in [2.05, 4.69) is 31.3 Å². The molecule has 18 heavy (non-hydrogen) atoms. The van der Waals surface area contributed by atoms with E-state index in [1.165, 1.54) is 0 Å². The molecule has 3 aromatic rings. The van der Waals surface area contributed by atoms with Crippen molar-refractivity contribution in [1.82, 2.24) is 14.6 Å². The van der Waals surface area contributed by atoms with E-state index in [4.69, 9.17) is 5.73 Å². The molecule has 0 bridgehead atoms. The van der Waals surface area contributed by atoms with Gasteiger partial charge in [-0.25, -0.2) is 4.52 Å². The van der Waals surface area contributed by atoms with Crippen LogP contribution in [-0.4, -0.2) is 14.6 Å². The van der Waals surface area contributed by atoms with Gasteiger partial charge in [0, 0.05) is 22.0 Å². The van der Waals surface area contributed by atoms with Crippen LogP contribution in [0.15, 0.2) is 47.1 Å². The lowest BCUT2D eigenvalue weighted by molar-refractivity contribution is 0.960. The fraction of sp³-hybridized carbons (Fsp3) is 0. The predicted octanol–water partition coefficient (Wildman–Crippen LogP) is 2.82. The molecule has 2 aromatic heterocycles. The first-order valence-corrected chi connectivity index (χ1v) is 6.14. The third kappa shape index (κ3) is 2.14. The minimum absolute atomic E-state index is 0.554. The van der Waals surface area contributed by atoms with Crippen molar-refractivity contribution >= 4 is 38.9 Å². The number of hydrogen-bond donors (Lipinski definition) is 2. The van der Waals surface area contributed by atoms with Crippen molar-refractivity contribution in [2.75, 3.05) is 11.1 Å². The van der Waals surface area contributed by atoms with E-state index >= 15 is 0 Å². The highest BCUT2D eigenvalue weighted by Gasteiger charge is 2.03. The summed E-state index contributed by atoms with van der Waals surface area (Å²) in [5.41, 5.74) is 8.05. The Morgan fingerprint density at radius 1 is 1.11 bits per heavy atom. The Morgan fingerprint density at radius 3 is 2.67 bits per heavy atom. The third-order valence-electron chi connectivity index (χ3n) is 2.46. The Kier molecular flexibility index (Phi) is 2.64. The van der Waals surface area contributed by atoms with Gasteiger partial charge in [0.15, 0.2) is 5.65 Å². The molecule has 5 nitrogen and oxygen atoms in total. The number of nitrogens with two attached hydrogens (primary N) is 1. The summed E-state index contributed by atoms with van der Waals surface area (Å²) in [6.07, 6.45) is 1.86. The molecule has 0 amide bonds. The van der Waals surface area contributed by atoms with Gasteiger partial charge in [-0.05, 0) is 52.3 Å². The lowest BCUT2D eigenvalue weighted by Crippen LogP contribution is -1.93. The number of aromatic nitrogens is 3. The molecule has 0 aliphatic carbocycles. The summed E-state index contributed by atoms with van der Waals surface area (Å²) in [6.45, 7) is 0. The zero-order chi connectivity index (χ0) is 12.5. The summed E-state index contributed by atoms with van der Waals surface area (Å²) in [4.78, 5) is 4.36.